The third-order valence-electron chi connectivity index (χ3n) is 14.6. The SMILES string of the molecule is CC/C=C\C/C=C\C/C=C\C/C=C\C/C=C\C/C=C\C/C=C\C/C=C\C/C=C\C/C=C\CCCCCCCCCCCCC(=O)OC(COC(=O)CCCCCCCCCC/C=C\C/C=C\C/C=C\C/C=C\C/C=C\C/C=C\CC)COP(=O)(O)OCC[N+](C)(C)C. The number of carbonyl (C=O) groups excluding carboxylic acids is 2. The molecule has 0 aliphatic carbocycles. The minimum absolute atomic E-state index is 0.0194. The highest BCUT2D eigenvalue weighted by atomic mass is 31.2. The maximum atomic E-state index is 12.9. The van der Waals surface area contributed by atoms with Gasteiger partial charge in [0.25, 0.3) is 0 Å². The van der Waals surface area contributed by atoms with Crippen LogP contribution in [-0.2, 0) is 32.7 Å². The molecule has 0 aliphatic heterocycles. The number of hydrogen-bond acceptors (Lipinski definition) is 7. The number of phosphoric acid groups is 1. The third-order valence-corrected chi connectivity index (χ3v) is 15.6. The van der Waals surface area contributed by atoms with E-state index in [0.717, 1.165) is 161 Å². The van der Waals surface area contributed by atoms with E-state index in [-0.39, 0.29) is 32.0 Å². The molecule has 92 heavy (non-hydrogen) atoms. The first-order valence-corrected chi connectivity index (χ1v) is 37.7. The zero-order valence-corrected chi connectivity index (χ0v) is 59.8. The van der Waals surface area contributed by atoms with Gasteiger partial charge in [0.2, 0.25) is 0 Å². The lowest BCUT2D eigenvalue weighted by Gasteiger charge is -2.24. The van der Waals surface area contributed by atoms with Gasteiger partial charge in [0.05, 0.1) is 27.7 Å². The highest BCUT2D eigenvalue weighted by Gasteiger charge is 2.27. The summed E-state index contributed by atoms with van der Waals surface area (Å²) in [6.07, 6.45) is 110. The van der Waals surface area contributed by atoms with Gasteiger partial charge in [0, 0.05) is 12.8 Å². The van der Waals surface area contributed by atoms with Gasteiger partial charge in [-0.15, -0.1) is 0 Å². The van der Waals surface area contributed by atoms with Crippen molar-refractivity contribution in [2.24, 2.45) is 0 Å². The Morgan fingerprint density at radius 3 is 0.870 bits per heavy atom. The van der Waals surface area contributed by atoms with E-state index >= 15 is 0 Å². The Morgan fingerprint density at radius 2 is 0.587 bits per heavy atom. The summed E-state index contributed by atoms with van der Waals surface area (Å²) in [7, 11) is 1.45. The van der Waals surface area contributed by atoms with Crippen molar-refractivity contribution in [3.05, 3.63) is 194 Å². The van der Waals surface area contributed by atoms with Crippen molar-refractivity contribution in [2.45, 2.75) is 264 Å². The first-order chi connectivity index (χ1) is 45.0. The van der Waals surface area contributed by atoms with Crippen LogP contribution in [0.15, 0.2) is 194 Å². The second-order valence-electron chi connectivity index (χ2n) is 24.5. The molecule has 2 atom stereocenters. The first kappa shape index (κ1) is 86.9. The molecule has 0 spiro atoms. The minimum Gasteiger partial charge on any atom is -0.462 e. The number of carbonyl (C=O) groups is 2. The van der Waals surface area contributed by atoms with E-state index in [2.05, 4.69) is 208 Å². The normalized spacial score (nSPS) is 14.3. The zero-order chi connectivity index (χ0) is 66.9. The van der Waals surface area contributed by atoms with Gasteiger partial charge in [-0.25, -0.2) is 4.57 Å². The fourth-order valence-electron chi connectivity index (χ4n) is 9.16. The molecule has 1 N–H and O–H groups in total. The highest BCUT2D eigenvalue weighted by molar-refractivity contribution is 7.47. The van der Waals surface area contributed by atoms with E-state index in [1.165, 1.54) is 64.2 Å². The molecule has 0 radical (unpaired) electrons. The van der Waals surface area contributed by atoms with Crippen molar-refractivity contribution in [1.29, 1.82) is 0 Å². The van der Waals surface area contributed by atoms with Gasteiger partial charge in [0.1, 0.15) is 19.8 Å². The molecule has 518 valence electrons. The fourth-order valence-corrected chi connectivity index (χ4v) is 9.91. The molecule has 2 unspecified atom stereocenters. The van der Waals surface area contributed by atoms with Crippen molar-refractivity contribution < 1.29 is 42.1 Å². The number of ether oxygens (including phenoxy) is 2. The van der Waals surface area contributed by atoms with Crippen LogP contribution in [0.1, 0.15) is 258 Å². The lowest BCUT2D eigenvalue weighted by Crippen LogP contribution is -2.37. The Kier molecular flexibility index (Phi) is 66.2. The molecule has 0 bridgehead atoms. The summed E-state index contributed by atoms with van der Waals surface area (Å²) < 4.78 is 34.7. The van der Waals surface area contributed by atoms with Crippen LogP contribution >= 0.6 is 7.82 Å². The molecular formula is C82H133NO8P+. The smallest absolute Gasteiger partial charge is 0.462 e. The number of nitrogens with zero attached hydrogens (tertiary/aromatic N) is 1. The second-order valence-corrected chi connectivity index (χ2v) is 26.0. The van der Waals surface area contributed by atoms with Crippen LogP contribution in [-0.4, -0.2) is 74.9 Å². The summed E-state index contributed by atoms with van der Waals surface area (Å²) in [5.41, 5.74) is 0. The molecule has 0 aromatic rings. The molecule has 0 aromatic carbocycles. The molecule has 0 fully saturated rings. The maximum absolute atomic E-state index is 12.9. The average molecular weight is 1290 g/mol. The van der Waals surface area contributed by atoms with Crippen molar-refractivity contribution in [2.75, 3.05) is 47.5 Å². The Morgan fingerprint density at radius 1 is 0.337 bits per heavy atom. The van der Waals surface area contributed by atoms with E-state index in [1.807, 2.05) is 21.1 Å². The second kappa shape index (κ2) is 70.2. The first-order valence-electron chi connectivity index (χ1n) is 36.2. The van der Waals surface area contributed by atoms with Crippen LogP contribution in [0.3, 0.4) is 0 Å². The van der Waals surface area contributed by atoms with Gasteiger partial charge < -0.3 is 18.9 Å². The molecular weight excluding hydrogens is 1160 g/mol. The lowest BCUT2D eigenvalue weighted by atomic mass is 10.0. The molecule has 0 amide bonds. The van der Waals surface area contributed by atoms with Gasteiger partial charge in [-0.2, -0.15) is 0 Å². The molecule has 0 saturated carbocycles. The van der Waals surface area contributed by atoms with Gasteiger partial charge in [0.15, 0.2) is 6.10 Å². The van der Waals surface area contributed by atoms with Gasteiger partial charge in [-0.1, -0.05) is 298 Å². The molecule has 10 heteroatoms. The van der Waals surface area contributed by atoms with Gasteiger partial charge in [-0.05, 0) is 141 Å². The Hall–Kier alpha value is -5.15. The largest absolute Gasteiger partial charge is 0.472 e. The number of hydrogen-bond donors (Lipinski definition) is 1. The summed E-state index contributed by atoms with van der Waals surface area (Å²) >= 11 is 0. The van der Waals surface area contributed by atoms with Crippen LogP contribution in [0, 0.1) is 0 Å². The van der Waals surface area contributed by atoms with E-state index < -0.39 is 26.5 Å². The Labute approximate surface area is 564 Å². The molecule has 0 aromatic heterocycles. The standard InChI is InChI=1S/C82H132NO8P/c1-6-8-10-12-14-16-18-20-22-24-26-28-30-32-34-35-36-37-38-39-40-41-42-43-44-45-46-47-49-51-53-55-57-59-61-63-65-67-69-71-73-75-82(85)91-80(79-90-92(86,87)89-77-76-83(3,4)5)78-88-81(84)74-72-70-68-66-64-62-60-58-56-54-52-50-48-33-31-29-27-25-23-21-19-17-15-13-11-9-7-2/h8-11,14-17,20-23,26-29,32-34,36-37,39-40,42-43,45-46,48-49,51-52,54,80H,6-7,12-13,18-19,24-25,30-31,35,38,41,44,47,50,53,55-79H2,1-5H3/p+1/b10-8-,11-9-,16-14-,17-15-,22-20-,23-21-,28-26-,29-27-,34-32-,37-36-,40-39-,43-42-,46-45-,48-33-,51-49-,54-52-. The highest BCUT2D eigenvalue weighted by Crippen LogP contribution is 2.43. The van der Waals surface area contributed by atoms with Crippen LogP contribution in [0.2, 0.25) is 0 Å². The monoisotopic (exact) mass is 1290 g/mol. The quantitative estimate of drug-likeness (QED) is 0.0211. The Bertz CT molecular complexity index is 2260. The van der Waals surface area contributed by atoms with Crippen molar-refractivity contribution in [1.82, 2.24) is 0 Å². The predicted molar refractivity (Wildman–Crippen MR) is 399 cm³/mol. The van der Waals surface area contributed by atoms with Crippen molar-refractivity contribution in [3.8, 4) is 0 Å². The van der Waals surface area contributed by atoms with Crippen LogP contribution < -0.4 is 0 Å². The van der Waals surface area contributed by atoms with Crippen LogP contribution in [0.4, 0.5) is 0 Å². The summed E-state index contributed by atoms with van der Waals surface area (Å²) in [6, 6.07) is 0. The molecule has 0 aliphatic rings. The summed E-state index contributed by atoms with van der Waals surface area (Å²) in [4.78, 5) is 35.9. The predicted octanol–water partition coefficient (Wildman–Crippen LogP) is 24.0. The molecule has 0 rings (SSSR count). The minimum atomic E-state index is -4.41. The number of likely N-dealkylation sites (N-methyl/N-ethyl adjacent to an activating group) is 1. The van der Waals surface area contributed by atoms with E-state index in [4.69, 9.17) is 18.5 Å². The topological polar surface area (TPSA) is 108 Å². The molecule has 9 nitrogen and oxygen atoms in total. The number of unbranched alkanes of at least 4 members (excludes halogenated alkanes) is 18. The summed E-state index contributed by atoms with van der Waals surface area (Å²) in [5.74, 6) is -0.823. The Balaban J connectivity index is 4.13. The molecule has 0 saturated heterocycles. The van der Waals surface area contributed by atoms with Crippen LogP contribution in [0.5, 0.6) is 0 Å². The number of allylic oxidation sites excluding steroid dienone is 32. The summed E-state index contributed by atoms with van der Waals surface area (Å²) in [6.45, 7) is 4.17. The fraction of sp³-hybridized carbons (Fsp3) is 0.585. The number of phosphoric ester groups is 1. The van der Waals surface area contributed by atoms with E-state index in [0.29, 0.717) is 17.4 Å². The van der Waals surface area contributed by atoms with E-state index in [9.17, 15) is 19.0 Å². The number of esters is 2. The van der Waals surface area contributed by atoms with Gasteiger partial charge >= 0.3 is 19.8 Å². The number of rotatable bonds is 64. The zero-order valence-electron chi connectivity index (χ0n) is 59.0. The molecule has 0 heterocycles. The van der Waals surface area contributed by atoms with Crippen LogP contribution in [0.25, 0.3) is 0 Å². The van der Waals surface area contributed by atoms with Crippen molar-refractivity contribution >= 4 is 19.8 Å². The maximum Gasteiger partial charge on any atom is 0.472 e. The van der Waals surface area contributed by atoms with Crippen molar-refractivity contribution in [3.63, 3.8) is 0 Å². The van der Waals surface area contributed by atoms with E-state index in [1.54, 1.807) is 0 Å². The number of quaternary nitrogens is 1. The lowest BCUT2D eigenvalue weighted by molar-refractivity contribution is -0.870. The average Bonchev–Trinajstić information content (AvgIpc) is 2.23. The van der Waals surface area contributed by atoms with Gasteiger partial charge in [-0.3, -0.25) is 18.6 Å². The summed E-state index contributed by atoms with van der Waals surface area (Å²) in [5, 5.41) is 0. The third kappa shape index (κ3) is 73.9.